The lowest BCUT2D eigenvalue weighted by Crippen LogP contribution is -2.46. The molecule has 1 heterocycles. The molecule has 28 heavy (non-hydrogen) atoms. The molecule has 0 spiro atoms. The van der Waals surface area contributed by atoms with Crippen molar-refractivity contribution in [1.29, 1.82) is 0 Å². The van der Waals surface area contributed by atoms with Gasteiger partial charge < -0.3 is 5.73 Å². The minimum Gasteiger partial charge on any atom is -0.368 e. The first kappa shape index (κ1) is 19.7. The van der Waals surface area contributed by atoms with E-state index in [1.165, 1.54) is 12.1 Å². The van der Waals surface area contributed by atoms with Crippen LogP contribution in [0.5, 0.6) is 0 Å². The zero-order valence-electron chi connectivity index (χ0n) is 13.9. The lowest BCUT2D eigenvalue weighted by molar-refractivity contribution is -0.143. The van der Waals surface area contributed by atoms with Gasteiger partial charge in [0.05, 0.1) is 11.1 Å². The number of rotatable bonds is 2. The van der Waals surface area contributed by atoms with Gasteiger partial charge >= 0.3 is 12.4 Å². The summed E-state index contributed by atoms with van der Waals surface area (Å²) in [5.41, 5.74) is 1.95. The number of halogens is 6. The number of nitrogens with two attached hydrogens (primary N) is 1. The van der Waals surface area contributed by atoms with Gasteiger partial charge in [-0.1, -0.05) is 18.2 Å². The Morgan fingerprint density at radius 1 is 0.929 bits per heavy atom. The van der Waals surface area contributed by atoms with Gasteiger partial charge in [-0.3, -0.25) is 14.5 Å². The molecule has 0 unspecified atom stereocenters. The molecule has 4 nitrogen and oxygen atoms in total. The van der Waals surface area contributed by atoms with Gasteiger partial charge in [-0.25, -0.2) is 0 Å². The number of hydrogen-bond acceptors (Lipinski definition) is 2. The van der Waals surface area contributed by atoms with Crippen molar-refractivity contribution in [3.8, 4) is 0 Å². The standard InChI is InChI=1S/C18H12F6N2O2/c19-17(20,21)11-5-10(6-12(8-11)18(22,23)24)16(28)26-13-4-2-1-3-9(13)7-14(26)15(25)27/h1-6,8,14H,7H2,(H2,25,27)/t14-/m0/s1. The molecule has 2 amide bonds. The number of carbonyl (C=O) groups excluding carboxylic acids is 2. The predicted molar refractivity (Wildman–Crippen MR) is 86.4 cm³/mol. The second-order valence-electron chi connectivity index (χ2n) is 6.22. The van der Waals surface area contributed by atoms with E-state index in [0.29, 0.717) is 17.7 Å². The summed E-state index contributed by atoms with van der Waals surface area (Å²) in [6.45, 7) is 0. The highest BCUT2D eigenvalue weighted by atomic mass is 19.4. The number of primary amides is 1. The predicted octanol–water partition coefficient (Wildman–Crippen LogP) is 3.78. The summed E-state index contributed by atoms with van der Waals surface area (Å²) in [7, 11) is 0. The molecule has 0 saturated heterocycles. The van der Waals surface area contributed by atoms with Crippen LogP contribution in [0.1, 0.15) is 27.0 Å². The van der Waals surface area contributed by atoms with E-state index in [1.54, 1.807) is 12.1 Å². The Kier molecular flexibility index (Phi) is 4.60. The molecule has 0 saturated carbocycles. The maximum atomic E-state index is 13.1. The van der Waals surface area contributed by atoms with E-state index in [9.17, 15) is 35.9 Å². The zero-order chi connectivity index (χ0) is 20.9. The second-order valence-corrected chi connectivity index (χ2v) is 6.22. The summed E-state index contributed by atoms with van der Waals surface area (Å²) in [5.74, 6) is -2.10. The molecule has 3 rings (SSSR count). The van der Waals surface area contributed by atoms with Crippen molar-refractivity contribution in [2.75, 3.05) is 4.90 Å². The second kappa shape index (κ2) is 6.54. The SMILES string of the molecule is NC(=O)[C@@H]1Cc2ccccc2N1C(=O)c1cc(C(F)(F)F)cc(C(F)(F)F)c1. The van der Waals surface area contributed by atoms with E-state index in [2.05, 4.69) is 0 Å². The van der Waals surface area contributed by atoms with Gasteiger partial charge in [0.25, 0.3) is 5.91 Å². The monoisotopic (exact) mass is 402 g/mol. The number of alkyl halides is 6. The molecule has 0 aliphatic carbocycles. The molecule has 0 fully saturated rings. The van der Waals surface area contributed by atoms with Gasteiger partial charge in [-0.2, -0.15) is 26.3 Å². The van der Waals surface area contributed by atoms with Crippen LogP contribution in [0.2, 0.25) is 0 Å². The highest BCUT2D eigenvalue weighted by molar-refractivity contribution is 6.11. The number of para-hydroxylation sites is 1. The first-order valence-electron chi connectivity index (χ1n) is 7.90. The lowest BCUT2D eigenvalue weighted by Gasteiger charge is -2.24. The van der Waals surface area contributed by atoms with Gasteiger partial charge in [0, 0.05) is 17.7 Å². The number of nitrogens with zero attached hydrogens (tertiary/aromatic N) is 1. The normalized spacial score (nSPS) is 16.8. The quantitative estimate of drug-likeness (QED) is 0.778. The lowest BCUT2D eigenvalue weighted by atomic mass is 10.0. The van der Waals surface area contributed by atoms with Crippen molar-refractivity contribution >= 4 is 17.5 Å². The van der Waals surface area contributed by atoms with E-state index < -0.39 is 46.9 Å². The molecule has 2 N–H and O–H groups in total. The van der Waals surface area contributed by atoms with E-state index in [-0.39, 0.29) is 18.2 Å². The van der Waals surface area contributed by atoms with E-state index in [1.807, 2.05) is 0 Å². The van der Waals surface area contributed by atoms with Gasteiger partial charge in [-0.05, 0) is 29.8 Å². The molecule has 0 radical (unpaired) electrons. The van der Waals surface area contributed by atoms with Crippen LogP contribution in [-0.2, 0) is 23.6 Å². The van der Waals surface area contributed by atoms with Crippen molar-refractivity contribution in [3.05, 3.63) is 64.7 Å². The number of fused-ring (bicyclic) bond motifs is 1. The Morgan fingerprint density at radius 3 is 1.96 bits per heavy atom. The Balaban J connectivity index is 2.14. The summed E-state index contributed by atoms with van der Waals surface area (Å²) in [6, 6.07) is 5.55. The van der Waals surface area contributed by atoms with E-state index >= 15 is 0 Å². The smallest absolute Gasteiger partial charge is 0.368 e. The summed E-state index contributed by atoms with van der Waals surface area (Å²) in [5, 5.41) is 0. The Hall–Kier alpha value is -3.04. The third kappa shape index (κ3) is 3.54. The average Bonchev–Trinajstić information content (AvgIpc) is 2.99. The minimum absolute atomic E-state index is 0.0162. The number of carbonyl (C=O) groups is 2. The Labute approximate surface area is 154 Å². The average molecular weight is 402 g/mol. The fraction of sp³-hybridized carbons (Fsp3) is 0.222. The molecule has 10 heteroatoms. The largest absolute Gasteiger partial charge is 0.416 e. The maximum absolute atomic E-state index is 13.1. The van der Waals surface area contributed by atoms with Gasteiger partial charge in [0.2, 0.25) is 5.91 Å². The van der Waals surface area contributed by atoms with Crippen molar-refractivity contribution in [2.45, 2.75) is 24.8 Å². The molecular formula is C18H12F6N2O2. The third-order valence-electron chi connectivity index (χ3n) is 4.36. The third-order valence-corrected chi connectivity index (χ3v) is 4.36. The number of hydrogen-bond donors (Lipinski definition) is 1. The zero-order valence-corrected chi connectivity index (χ0v) is 13.9. The molecule has 148 valence electrons. The number of amides is 2. The molecule has 1 aliphatic rings. The summed E-state index contributed by atoms with van der Waals surface area (Å²) in [6.07, 6.45) is -10.2. The van der Waals surface area contributed by atoms with Crippen molar-refractivity contribution in [3.63, 3.8) is 0 Å². The highest BCUT2D eigenvalue weighted by Gasteiger charge is 2.41. The van der Waals surface area contributed by atoms with Crippen LogP contribution in [-0.4, -0.2) is 17.9 Å². The molecular weight excluding hydrogens is 390 g/mol. The molecule has 2 aromatic rings. The van der Waals surface area contributed by atoms with Crippen LogP contribution < -0.4 is 10.6 Å². The van der Waals surface area contributed by atoms with Crippen molar-refractivity contribution < 1.29 is 35.9 Å². The first-order valence-corrected chi connectivity index (χ1v) is 7.90. The van der Waals surface area contributed by atoms with Crippen LogP contribution in [0, 0.1) is 0 Å². The van der Waals surface area contributed by atoms with Crippen LogP contribution in [0.3, 0.4) is 0 Å². The molecule has 2 aromatic carbocycles. The fourth-order valence-electron chi connectivity index (χ4n) is 3.08. The summed E-state index contributed by atoms with van der Waals surface area (Å²) >= 11 is 0. The van der Waals surface area contributed by atoms with Gasteiger partial charge in [0.1, 0.15) is 6.04 Å². The van der Waals surface area contributed by atoms with Gasteiger partial charge in [0.15, 0.2) is 0 Å². The Bertz CT molecular complexity index is 920. The molecule has 1 aliphatic heterocycles. The Morgan fingerprint density at radius 2 is 1.46 bits per heavy atom. The van der Waals surface area contributed by atoms with Crippen molar-refractivity contribution in [2.24, 2.45) is 5.73 Å². The first-order chi connectivity index (χ1) is 12.9. The van der Waals surface area contributed by atoms with Crippen LogP contribution in [0.4, 0.5) is 32.0 Å². The molecule has 0 aromatic heterocycles. The number of benzene rings is 2. The summed E-state index contributed by atoms with van der Waals surface area (Å²) < 4.78 is 78.3. The molecule has 0 bridgehead atoms. The van der Waals surface area contributed by atoms with E-state index in [0.717, 1.165) is 4.90 Å². The van der Waals surface area contributed by atoms with Gasteiger partial charge in [-0.15, -0.1) is 0 Å². The van der Waals surface area contributed by atoms with Crippen LogP contribution in [0.15, 0.2) is 42.5 Å². The number of anilines is 1. The van der Waals surface area contributed by atoms with Crippen molar-refractivity contribution in [1.82, 2.24) is 0 Å². The maximum Gasteiger partial charge on any atom is 0.416 e. The summed E-state index contributed by atoms with van der Waals surface area (Å²) in [4.78, 5) is 25.4. The fourth-order valence-corrected chi connectivity index (χ4v) is 3.08. The minimum atomic E-state index is -5.09. The molecule has 1 atom stereocenters. The van der Waals surface area contributed by atoms with Crippen LogP contribution in [0.25, 0.3) is 0 Å². The van der Waals surface area contributed by atoms with E-state index in [4.69, 9.17) is 5.73 Å². The van der Waals surface area contributed by atoms with Crippen LogP contribution >= 0.6 is 0 Å². The highest BCUT2D eigenvalue weighted by Crippen LogP contribution is 2.38. The topological polar surface area (TPSA) is 63.4 Å².